The number of aromatic nitrogens is 2. The molecule has 0 amide bonds. The summed E-state index contributed by atoms with van der Waals surface area (Å²) in [4.78, 5) is 9.51. The van der Waals surface area contributed by atoms with Gasteiger partial charge in [-0.2, -0.15) is 18.2 Å². The topological polar surface area (TPSA) is 38.2 Å². The Morgan fingerprint density at radius 1 is 1.14 bits per heavy atom. The molecule has 7 heteroatoms. The Kier molecular flexibility index (Phi) is 4.85. The minimum atomic E-state index is -4.55. The Morgan fingerprint density at radius 3 is 2.36 bits per heavy atom. The summed E-state index contributed by atoms with van der Waals surface area (Å²) in [6.45, 7) is 4.09. The largest absolute Gasteiger partial charge is 0.477 e. The lowest BCUT2D eigenvalue weighted by molar-refractivity contribution is -0.139. The van der Waals surface area contributed by atoms with Crippen LogP contribution in [0.4, 0.5) is 24.8 Å². The lowest BCUT2D eigenvalue weighted by Gasteiger charge is -2.22. The summed E-state index contributed by atoms with van der Waals surface area (Å²) in [6.07, 6.45) is -3.79. The highest BCUT2D eigenvalue weighted by Crippen LogP contribution is 2.36. The second-order valence-electron chi connectivity index (χ2n) is 4.40. The zero-order chi connectivity index (χ0) is 16.2. The Morgan fingerprint density at radius 2 is 1.82 bits per heavy atom. The van der Waals surface area contributed by atoms with Crippen molar-refractivity contribution in [2.24, 2.45) is 0 Å². The molecule has 0 saturated heterocycles. The van der Waals surface area contributed by atoms with E-state index in [1.165, 1.54) is 0 Å². The predicted octanol–water partition coefficient (Wildman–Crippen LogP) is 4.05. The van der Waals surface area contributed by atoms with Crippen molar-refractivity contribution >= 4 is 11.6 Å². The molecular weight excluding hydrogens is 295 g/mol. The molecule has 0 spiro atoms. The van der Waals surface area contributed by atoms with Crippen LogP contribution >= 0.6 is 0 Å². The fourth-order valence-corrected chi connectivity index (χ4v) is 1.98. The van der Waals surface area contributed by atoms with Crippen molar-refractivity contribution in [1.29, 1.82) is 0 Å². The van der Waals surface area contributed by atoms with Crippen LogP contribution in [0.1, 0.15) is 19.4 Å². The number of benzene rings is 1. The monoisotopic (exact) mass is 311 g/mol. The number of hydrogen-bond acceptors (Lipinski definition) is 4. The van der Waals surface area contributed by atoms with Gasteiger partial charge in [-0.1, -0.05) is 18.2 Å². The number of anilines is 2. The Hall–Kier alpha value is -2.31. The molecule has 1 aromatic heterocycles. The maximum absolute atomic E-state index is 12.9. The number of halogens is 3. The number of ether oxygens (including phenoxy) is 1. The molecular formula is C15H16F3N3O. The lowest BCUT2D eigenvalue weighted by Crippen LogP contribution is -2.20. The van der Waals surface area contributed by atoms with E-state index in [0.29, 0.717) is 6.54 Å². The molecule has 0 aliphatic carbocycles. The van der Waals surface area contributed by atoms with E-state index < -0.39 is 17.6 Å². The number of rotatable bonds is 5. The van der Waals surface area contributed by atoms with Gasteiger partial charge in [-0.3, -0.25) is 0 Å². The summed E-state index contributed by atoms with van der Waals surface area (Å²) in [5.41, 5.74) is -0.172. The molecule has 0 bridgehead atoms. The normalized spacial score (nSPS) is 11.3. The first-order chi connectivity index (χ1) is 10.5. The molecule has 0 radical (unpaired) electrons. The smallest absolute Gasteiger partial charge is 0.423 e. The van der Waals surface area contributed by atoms with Crippen molar-refractivity contribution in [1.82, 2.24) is 9.97 Å². The van der Waals surface area contributed by atoms with Crippen molar-refractivity contribution in [2.75, 3.05) is 18.1 Å². The predicted molar refractivity (Wildman–Crippen MR) is 77.3 cm³/mol. The van der Waals surface area contributed by atoms with Gasteiger partial charge in [0.25, 0.3) is 0 Å². The van der Waals surface area contributed by atoms with E-state index in [4.69, 9.17) is 4.74 Å². The van der Waals surface area contributed by atoms with Crippen molar-refractivity contribution in [3.63, 3.8) is 0 Å². The number of hydrogen-bond donors (Lipinski definition) is 0. The molecule has 0 N–H and O–H groups in total. The van der Waals surface area contributed by atoms with Gasteiger partial charge in [0.15, 0.2) is 0 Å². The Labute approximate surface area is 126 Å². The second-order valence-corrected chi connectivity index (χ2v) is 4.40. The summed E-state index contributed by atoms with van der Waals surface area (Å²) in [7, 11) is 0. The van der Waals surface area contributed by atoms with Gasteiger partial charge in [-0.25, -0.2) is 4.98 Å². The van der Waals surface area contributed by atoms with E-state index >= 15 is 0 Å². The molecule has 0 aliphatic heterocycles. The fraction of sp³-hybridized carbons (Fsp3) is 0.333. The van der Waals surface area contributed by atoms with E-state index in [0.717, 1.165) is 11.9 Å². The van der Waals surface area contributed by atoms with E-state index in [-0.39, 0.29) is 12.6 Å². The maximum atomic E-state index is 12.9. The lowest BCUT2D eigenvalue weighted by atomic mass is 10.3. The third-order valence-electron chi connectivity index (χ3n) is 2.95. The highest BCUT2D eigenvalue weighted by Gasteiger charge is 2.36. The minimum absolute atomic E-state index is 0.0942. The molecule has 0 atom stereocenters. The molecule has 2 rings (SSSR count). The van der Waals surface area contributed by atoms with Crippen LogP contribution in [0.2, 0.25) is 0 Å². The summed E-state index contributed by atoms with van der Waals surface area (Å²) in [5, 5.41) is 0. The summed E-state index contributed by atoms with van der Waals surface area (Å²) >= 11 is 0. The minimum Gasteiger partial charge on any atom is -0.477 e. The fourth-order valence-electron chi connectivity index (χ4n) is 1.98. The van der Waals surface area contributed by atoms with E-state index in [1.54, 1.807) is 11.8 Å². The van der Waals surface area contributed by atoms with Crippen molar-refractivity contribution in [3.8, 4) is 5.88 Å². The average Bonchev–Trinajstić information content (AvgIpc) is 2.48. The van der Waals surface area contributed by atoms with Crippen LogP contribution in [0.15, 0.2) is 36.5 Å². The van der Waals surface area contributed by atoms with E-state index in [1.807, 2.05) is 37.3 Å². The molecule has 22 heavy (non-hydrogen) atoms. The standard InChI is InChI=1S/C15H16F3N3O/c1-3-21(11-8-6-5-7-9-11)14-19-10-12(15(16,17)18)13(20-14)22-4-2/h5-10H,3-4H2,1-2H3. The van der Waals surface area contributed by atoms with Crippen molar-refractivity contribution < 1.29 is 17.9 Å². The van der Waals surface area contributed by atoms with Crippen LogP contribution < -0.4 is 9.64 Å². The first-order valence-electron chi connectivity index (χ1n) is 6.87. The van der Waals surface area contributed by atoms with Crippen LogP contribution in [0.3, 0.4) is 0 Å². The van der Waals surface area contributed by atoms with E-state index in [2.05, 4.69) is 9.97 Å². The zero-order valence-electron chi connectivity index (χ0n) is 12.3. The highest BCUT2D eigenvalue weighted by molar-refractivity contribution is 5.57. The average molecular weight is 311 g/mol. The zero-order valence-corrected chi connectivity index (χ0v) is 12.3. The van der Waals surface area contributed by atoms with Gasteiger partial charge < -0.3 is 9.64 Å². The first-order valence-corrected chi connectivity index (χ1v) is 6.87. The summed E-state index contributed by atoms with van der Waals surface area (Å²) < 4.78 is 43.8. The Bertz CT molecular complexity index is 617. The van der Waals surface area contributed by atoms with Gasteiger partial charge in [0, 0.05) is 18.4 Å². The Balaban J connectivity index is 2.45. The van der Waals surface area contributed by atoms with Crippen LogP contribution in [0.5, 0.6) is 5.88 Å². The molecule has 118 valence electrons. The molecule has 1 aromatic carbocycles. The molecule has 1 heterocycles. The van der Waals surface area contributed by atoms with Crippen molar-refractivity contribution in [3.05, 3.63) is 42.1 Å². The van der Waals surface area contributed by atoms with Gasteiger partial charge in [0.2, 0.25) is 11.8 Å². The third kappa shape index (κ3) is 3.47. The van der Waals surface area contributed by atoms with Gasteiger partial charge in [-0.15, -0.1) is 0 Å². The van der Waals surface area contributed by atoms with Gasteiger partial charge in [0.05, 0.1) is 6.61 Å². The summed E-state index contributed by atoms with van der Waals surface area (Å²) in [6, 6.07) is 9.21. The SMILES string of the molecule is CCOc1nc(N(CC)c2ccccc2)ncc1C(F)(F)F. The molecule has 0 saturated carbocycles. The molecule has 4 nitrogen and oxygen atoms in total. The van der Waals surface area contributed by atoms with Gasteiger partial charge >= 0.3 is 6.18 Å². The van der Waals surface area contributed by atoms with Gasteiger partial charge in [-0.05, 0) is 26.0 Å². The van der Waals surface area contributed by atoms with Crippen molar-refractivity contribution in [2.45, 2.75) is 20.0 Å². The summed E-state index contributed by atoms with van der Waals surface area (Å²) in [5.74, 6) is -0.278. The van der Waals surface area contributed by atoms with Crippen LogP contribution in [-0.4, -0.2) is 23.1 Å². The number of para-hydroxylation sites is 1. The van der Waals surface area contributed by atoms with Crippen LogP contribution in [-0.2, 0) is 6.18 Å². The van der Waals surface area contributed by atoms with E-state index in [9.17, 15) is 13.2 Å². The van der Waals surface area contributed by atoms with Crippen LogP contribution in [0, 0.1) is 0 Å². The quantitative estimate of drug-likeness (QED) is 0.835. The van der Waals surface area contributed by atoms with Crippen LogP contribution in [0.25, 0.3) is 0 Å². The third-order valence-corrected chi connectivity index (χ3v) is 2.95. The molecule has 2 aromatic rings. The number of alkyl halides is 3. The molecule has 0 fully saturated rings. The molecule has 0 aliphatic rings. The number of nitrogens with zero attached hydrogens (tertiary/aromatic N) is 3. The molecule has 0 unspecified atom stereocenters. The van der Waals surface area contributed by atoms with Gasteiger partial charge in [0.1, 0.15) is 5.56 Å². The first kappa shape index (κ1) is 16.1. The highest BCUT2D eigenvalue weighted by atomic mass is 19.4. The second kappa shape index (κ2) is 6.64. The maximum Gasteiger partial charge on any atom is 0.423 e.